The van der Waals surface area contributed by atoms with Crippen LogP contribution in [0.25, 0.3) is 100 Å². The summed E-state index contributed by atoms with van der Waals surface area (Å²) in [5.74, 6) is 0.512. The molecule has 0 aliphatic heterocycles. The number of benzene rings is 7. The van der Waals surface area contributed by atoms with Gasteiger partial charge in [0.05, 0.1) is 13.8 Å². The summed E-state index contributed by atoms with van der Waals surface area (Å²) in [5, 5.41) is 1.95. The summed E-state index contributed by atoms with van der Waals surface area (Å²) < 4.78 is 68.0. The molecule has 10 aromatic rings. The topological polar surface area (TPSA) is 65.0 Å². The Morgan fingerprint density at radius 1 is 0.380 bits per heavy atom. The molecule has 50 heavy (non-hydrogen) atoms. The van der Waals surface area contributed by atoms with Crippen molar-refractivity contribution in [3.05, 3.63) is 164 Å². The highest BCUT2D eigenvalue weighted by Gasteiger charge is 2.18. The predicted octanol–water partition coefficient (Wildman–Crippen LogP) is 12.0. The van der Waals surface area contributed by atoms with Crippen LogP contribution in [0.2, 0.25) is 0 Å². The van der Waals surface area contributed by atoms with Crippen LogP contribution in [0.4, 0.5) is 0 Å². The Morgan fingerprint density at radius 3 is 1.86 bits per heavy atom. The van der Waals surface area contributed by atoms with Crippen LogP contribution in [0.3, 0.4) is 0 Å². The van der Waals surface area contributed by atoms with Crippen molar-refractivity contribution in [2.75, 3.05) is 0 Å². The number of para-hydroxylation sites is 2. The van der Waals surface area contributed by atoms with Gasteiger partial charge in [0.2, 0.25) is 0 Å². The molecule has 3 heterocycles. The fourth-order valence-electron chi connectivity index (χ4n) is 6.38. The normalized spacial score (nSPS) is 13.3. The Bertz CT molecular complexity index is 3220. The number of rotatable bonds is 5. The average Bonchev–Trinajstić information content (AvgIpc) is 3.83. The summed E-state index contributed by atoms with van der Waals surface area (Å²) in [4.78, 5) is 14.4. The van der Waals surface area contributed by atoms with Crippen molar-refractivity contribution in [3.63, 3.8) is 0 Å². The van der Waals surface area contributed by atoms with E-state index in [4.69, 9.17) is 26.5 Å². The Hall–Kier alpha value is -6.85. The molecule has 5 heteroatoms. The summed E-state index contributed by atoms with van der Waals surface area (Å²) in [6.07, 6.45) is 0. The zero-order valence-corrected chi connectivity index (χ0v) is 26.3. The van der Waals surface area contributed by atoms with E-state index in [0.717, 1.165) is 21.9 Å². The van der Waals surface area contributed by atoms with Crippen LogP contribution in [-0.2, 0) is 0 Å². The first-order valence-corrected chi connectivity index (χ1v) is 16.1. The van der Waals surface area contributed by atoms with Gasteiger partial charge < -0.3 is 8.83 Å². The van der Waals surface area contributed by atoms with Crippen LogP contribution in [0.5, 0.6) is 0 Å². The van der Waals surface area contributed by atoms with Crippen LogP contribution in [-0.4, -0.2) is 15.0 Å². The monoisotopic (exact) mass is 647 g/mol. The maximum absolute atomic E-state index is 9.45. The first kappa shape index (κ1) is 22.7. The molecular weight excluding hydrogens is 615 g/mol. The van der Waals surface area contributed by atoms with Crippen LogP contribution < -0.4 is 0 Å². The second-order valence-electron chi connectivity index (χ2n) is 11.9. The second kappa shape index (κ2) is 11.4. The Balaban J connectivity index is 1.21. The second-order valence-corrected chi connectivity index (χ2v) is 11.9. The van der Waals surface area contributed by atoms with Crippen molar-refractivity contribution >= 4 is 43.9 Å². The Labute approximate surface area is 295 Å². The number of fused-ring (bicyclic) bond motifs is 6. The number of aromatic nitrogens is 3. The minimum atomic E-state index is -0.350. The van der Waals surface area contributed by atoms with E-state index in [-0.39, 0.29) is 86.8 Å². The molecule has 0 spiro atoms. The third-order valence-corrected chi connectivity index (χ3v) is 8.80. The number of nitrogens with zero attached hydrogens (tertiary/aromatic N) is 3. The van der Waals surface area contributed by atoms with Gasteiger partial charge in [-0.3, -0.25) is 0 Å². The third-order valence-electron chi connectivity index (χ3n) is 8.80. The summed E-state index contributed by atoms with van der Waals surface area (Å²) >= 11 is 0. The van der Waals surface area contributed by atoms with Crippen LogP contribution >= 0.6 is 0 Å². The first-order chi connectivity index (χ1) is 27.3. The zero-order valence-electron chi connectivity index (χ0n) is 32.3. The largest absolute Gasteiger partial charge is 0.456 e. The van der Waals surface area contributed by atoms with Gasteiger partial charge in [-0.05, 0) is 64.6 Å². The molecule has 3 aromatic heterocycles. The number of hydrogen-bond donors (Lipinski definition) is 0. The van der Waals surface area contributed by atoms with E-state index in [1.165, 1.54) is 0 Å². The summed E-state index contributed by atoms with van der Waals surface area (Å²) in [6, 6.07) is 38.3. The molecule has 0 aliphatic rings. The fourth-order valence-corrected chi connectivity index (χ4v) is 6.38. The molecule has 0 bridgehead atoms. The van der Waals surface area contributed by atoms with Gasteiger partial charge in [0.1, 0.15) is 22.3 Å². The van der Waals surface area contributed by atoms with Gasteiger partial charge in [-0.15, -0.1) is 0 Å². The van der Waals surface area contributed by atoms with Gasteiger partial charge in [0.15, 0.2) is 17.5 Å². The highest BCUT2D eigenvalue weighted by atomic mass is 16.3. The van der Waals surface area contributed by atoms with Gasteiger partial charge in [0.25, 0.3) is 0 Å². The van der Waals surface area contributed by atoms with Gasteiger partial charge in [-0.2, -0.15) is 0 Å². The maximum Gasteiger partial charge on any atom is 0.167 e. The van der Waals surface area contributed by atoms with Crippen LogP contribution in [0.15, 0.2) is 172 Å². The number of hydrogen-bond acceptors (Lipinski definition) is 5. The SMILES string of the molecule is [2H]c1c(-c2cccc(-c3ccccc3)c2)c([2H])c2c(oc3c([2H])c(-c4nc(-c5ccccc5)nc(-c5cccc6c5oc5ccccc56)n4)c([2H])c([2H])c32)c1[2H]. The molecule has 0 amide bonds. The molecule has 10 rings (SSSR count). The highest BCUT2D eigenvalue weighted by Crippen LogP contribution is 2.38. The Morgan fingerprint density at radius 2 is 1.02 bits per heavy atom. The molecule has 0 saturated carbocycles. The molecule has 5 nitrogen and oxygen atoms in total. The lowest BCUT2D eigenvalue weighted by molar-refractivity contribution is 0.668. The lowest BCUT2D eigenvalue weighted by Crippen LogP contribution is -2.00. The molecule has 7 aromatic carbocycles. The fraction of sp³-hybridized carbons (Fsp3) is 0. The minimum absolute atomic E-state index is 0.0235. The molecular formula is C45H27N3O2. The van der Waals surface area contributed by atoms with Crippen LogP contribution in [0.1, 0.15) is 8.22 Å². The molecule has 0 aliphatic carbocycles. The van der Waals surface area contributed by atoms with Gasteiger partial charge in [-0.25, -0.2) is 15.0 Å². The molecule has 0 N–H and O–H groups in total. The summed E-state index contributed by atoms with van der Waals surface area (Å²) in [5.41, 5.74) is 4.83. The van der Waals surface area contributed by atoms with Gasteiger partial charge in [0, 0.05) is 32.7 Å². The van der Waals surface area contributed by atoms with Crippen molar-refractivity contribution in [2.45, 2.75) is 0 Å². The molecule has 0 fully saturated rings. The van der Waals surface area contributed by atoms with E-state index < -0.39 is 0 Å². The summed E-state index contributed by atoms with van der Waals surface area (Å²) in [7, 11) is 0. The van der Waals surface area contributed by atoms with E-state index in [1.807, 2.05) is 121 Å². The average molecular weight is 648 g/mol. The minimum Gasteiger partial charge on any atom is -0.456 e. The third kappa shape index (κ3) is 4.75. The Kier molecular flexibility index (Phi) is 5.17. The van der Waals surface area contributed by atoms with Crippen molar-refractivity contribution in [3.8, 4) is 56.4 Å². The van der Waals surface area contributed by atoms with Crippen molar-refractivity contribution in [1.82, 2.24) is 15.0 Å². The highest BCUT2D eigenvalue weighted by molar-refractivity contribution is 6.09. The molecule has 234 valence electrons. The molecule has 0 unspecified atom stereocenters. The number of furan rings is 2. The van der Waals surface area contributed by atoms with E-state index in [9.17, 15) is 5.48 Å². The van der Waals surface area contributed by atoms with E-state index in [1.54, 1.807) is 6.07 Å². The van der Waals surface area contributed by atoms with Gasteiger partial charge >= 0.3 is 0 Å². The molecule has 0 atom stereocenters. The lowest BCUT2D eigenvalue weighted by Gasteiger charge is -2.09. The summed E-state index contributed by atoms with van der Waals surface area (Å²) in [6.45, 7) is 0. The van der Waals surface area contributed by atoms with Crippen molar-refractivity contribution in [1.29, 1.82) is 0 Å². The van der Waals surface area contributed by atoms with Crippen molar-refractivity contribution < 1.29 is 17.1 Å². The zero-order chi connectivity index (χ0) is 38.2. The van der Waals surface area contributed by atoms with Crippen molar-refractivity contribution in [2.24, 2.45) is 0 Å². The van der Waals surface area contributed by atoms with E-state index in [2.05, 4.69) is 0 Å². The maximum atomic E-state index is 9.45. The standard InChI is InChI=1S/C45H27N3O2/c1-3-11-28(12-4-1)30-15-9-16-31(25-30)32-22-24-40-38(26-32)35-23-21-33(27-41(35)49-40)44-46-43(29-13-5-2-6-14-29)47-45(48-44)37-19-10-18-36-34-17-7-8-20-39(34)50-42(36)37/h1-27H/i21D,22D,23D,24D,26D,27D. The lowest BCUT2D eigenvalue weighted by atomic mass is 9.98. The molecule has 0 saturated heterocycles. The predicted molar refractivity (Wildman–Crippen MR) is 202 cm³/mol. The van der Waals surface area contributed by atoms with E-state index in [0.29, 0.717) is 27.9 Å². The van der Waals surface area contributed by atoms with Gasteiger partial charge in [-0.1, -0.05) is 121 Å². The smallest absolute Gasteiger partial charge is 0.167 e. The quantitative estimate of drug-likeness (QED) is 0.186. The van der Waals surface area contributed by atoms with Crippen LogP contribution in [0, 0.1) is 0 Å². The van der Waals surface area contributed by atoms with E-state index >= 15 is 0 Å². The first-order valence-electron chi connectivity index (χ1n) is 19.1. The molecule has 0 radical (unpaired) electrons.